The van der Waals surface area contributed by atoms with Crippen molar-refractivity contribution in [2.45, 2.75) is 18.9 Å². The van der Waals surface area contributed by atoms with Gasteiger partial charge < -0.3 is 15.2 Å². The molecule has 2 heterocycles. The van der Waals surface area contributed by atoms with Gasteiger partial charge in [0.25, 0.3) is 0 Å². The molecule has 0 radical (unpaired) electrons. The number of aromatic nitrogens is 1. The first-order chi connectivity index (χ1) is 12.7. The summed E-state index contributed by atoms with van der Waals surface area (Å²) in [7, 11) is 0. The van der Waals surface area contributed by atoms with E-state index in [1.165, 1.54) is 0 Å². The lowest BCUT2D eigenvalue weighted by molar-refractivity contribution is -0.133. The zero-order chi connectivity index (χ0) is 17.9. The number of nitrogens with one attached hydrogen (secondary N) is 2. The van der Waals surface area contributed by atoms with Gasteiger partial charge >= 0.3 is 0 Å². The fourth-order valence-electron chi connectivity index (χ4n) is 3.64. The van der Waals surface area contributed by atoms with Crippen LogP contribution in [0.4, 0.5) is 0 Å². The molecule has 2 aromatic carbocycles. The van der Waals surface area contributed by atoms with E-state index in [-0.39, 0.29) is 17.9 Å². The Hall–Kier alpha value is -3.08. The molecule has 1 aliphatic rings. The summed E-state index contributed by atoms with van der Waals surface area (Å²) in [6, 6.07) is 17.6. The summed E-state index contributed by atoms with van der Waals surface area (Å²) < 4.78 is 0. The number of carbonyl (C=O) groups is 2. The number of para-hydroxylation sites is 1. The molecule has 26 heavy (non-hydrogen) atoms. The molecule has 1 atom stereocenters. The van der Waals surface area contributed by atoms with Gasteiger partial charge in [-0.25, -0.2) is 0 Å². The van der Waals surface area contributed by atoms with Crippen LogP contribution in [0.2, 0.25) is 0 Å². The number of amides is 2. The largest absolute Gasteiger partial charge is 0.361 e. The van der Waals surface area contributed by atoms with Crippen LogP contribution in [-0.4, -0.2) is 34.8 Å². The molecule has 132 valence electrons. The molecule has 5 nitrogen and oxygen atoms in total. The van der Waals surface area contributed by atoms with Crippen molar-refractivity contribution in [1.82, 2.24) is 15.2 Å². The van der Waals surface area contributed by atoms with Crippen LogP contribution < -0.4 is 5.32 Å². The summed E-state index contributed by atoms with van der Waals surface area (Å²) in [5.41, 5.74) is 3.01. The van der Waals surface area contributed by atoms with E-state index in [1.807, 2.05) is 65.7 Å². The maximum Gasteiger partial charge on any atom is 0.227 e. The summed E-state index contributed by atoms with van der Waals surface area (Å²) >= 11 is 0. The van der Waals surface area contributed by atoms with Crippen LogP contribution in [0.25, 0.3) is 10.9 Å². The molecule has 1 aliphatic heterocycles. The highest BCUT2D eigenvalue weighted by atomic mass is 16.2. The maximum absolute atomic E-state index is 13.1. The van der Waals surface area contributed by atoms with Gasteiger partial charge in [-0.1, -0.05) is 48.5 Å². The van der Waals surface area contributed by atoms with Crippen LogP contribution in [0.3, 0.4) is 0 Å². The zero-order valence-electron chi connectivity index (χ0n) is 14.4. The lowest BCUT2D eigenvalue weighted by Crippen LogP contribution is -2.37. The first kappa shape index (κ1) is 16.4. The topological polar surface area (TPSA) is 65.2 Å². The van der Waals surface area contributed by atoms with E-state index in [9.17, 15) is 9.59 Å². The van der Waals surface area contributed by atoms with Gasteiger partial charge in [0.1, 0.15) is 0 Å². The molecule has 0 saturated carbocycles. The predicted octanol–water partition coefficient (Wildman–Crippen LogP) is 2.80. The lowest BCUT2D eigenvalue weighted by Gasteiger charge is -2.29. The average molecular weight is 347 g/mol. The molecule has 0 spiro atoms. The minimum absolute atomic E-state index is 0.0127. The first-order valence-electron chi connectivity index (χ1n) is 8.88. The Balaban J connectivity index is 1.62. The smallest absolute Gasteiger partial charge is 0.227 e. The molecule has 0 unspecified atom stereocenters. The van der Waals surface area contributed by atoms with E-state index < -0.39 is 0 Å². The fourth-order valence-corrected chi connectivity index (χ4v) is 3.64. The number of hydrogen-bond donors (Lipinski definition) is 2. The van der Waals surface area contributed by atoms with Crippen molar-refractivity contribution in [2.24, 2.45) is 0 Å². The molecule has 1 saturated heterocycles. The van der Waals surface area contributed by atoms with Crippen LogP contribution in [0.15, 0.2) is 60.8 Å². The second kappa shape index (κ2) is 7.04. The normalized spacial score (nSPS) is 17.8. The van der Waals surface area contributed by atoms with Gasteiger partial charge in [-0.15, -0.1) is 0 Å². The number of benzene rings is 2. The van der Waals surface area contributed by atoms with Crippen LogP contribution in [0, 0.1) is 0 Å². The Morgan fingerprint density at radius 2 is 1.85 bits per heavy atom. The Morgan fingerprint density at radius 3 is 2.69 bits per heavy atom. The van der Waals surface area contributed by atoms with Gasteiger partial charge in [0, 0.05) is 30.2 Å². The third-order valence-electron chi connectivity index (χ3n) is 4.95. The lowest BCUT2D eigenvalue weighted by atomic mass is 10.0. The first-order valence-corrected chi connectivity index (χ1v) is 8.88. The van der Waals surface area contributed by atoms with Crippen molar-refractivity contribution in [3.63, 3.8) is 0 Å². The molecular weight excluding hydrogens is 326 g/mol. The fraction of sp³-hybridized carbons (Fsp3) is 0.238. The standard InChI is InChI=1S/C21H21N3O2/c25-20-13-19(15-6-2-1-3-7-15)24(11-10-22-20)21(26)12-16-14-23-18-9-5-4-8-17(16)18/h1-9,14,19,23H,10-13H2,(H,22,25)/t19-/m1/s1. The highest BCUT2D eigenvalue weighted by Crippen LogP contribution is 2.27. The summed E-state index contributed by atoms with van der Waals surface area (Å²) in [6.45, 7) is 1.01. The van der Waals surface area contributed by atoms with Gasteiger partial charge in [-0.05, 0) is 17.2 Å². The SMILES string of the molecule is O=C1C[C@H](c2ccccc2)N(C(=O)Cc2c[nH]c3ccccc23)CCN1. The monoisotopic (exact) mass is 347 g/mol. The Bertz CT molecular complexity index is 933. The minimum atomic E-state index is -0.226. The zero-order valence-corrected chi connectivity index (χ0v) is 14.4. The molecule has 2 N–H and O–H groups in total. The minimum Gasteiger partial charge on any atom is -0.361 e. The maximum atomic E-state index is 13.1. The summed E-state index contributed by atoms with van der Waals surface area (Å²) in [5, 5.41) is 3.95. The quantitative estimate of drug-likeness (QED) is 0.765. The summed E-state index contributed by atoms with van der Waals surface area (Å²) in [5.74, 6) is 0.0290. The third-order valence-corrected chi connectivity index (χ3v) is 4.95. The van der Waals surface area contributed by atoms with Crippen molar-refractivity contribution in [3.05, 3.63) is 71.9 Å². The number of hydrogen-bond acceptors (Lipinski definition) is 2. The van der Waals surface area contributed by atoms with Crippen LogP contribution in [-0.2, 0) is 16.0 Å². The van der Waals surface area contributed by atoms with E-state index in [0.717, 1.165) is 22.0 Å². The van der Waals surface area contributed by atoms with Crippen molar-refractivity contribution >= 4 is 22.7 Å². The predicted molar refractivity (Wildman–Crippen MR) is 101 cm³/mol. The van der Waals surface area contributed by atoms with E-state index in [0.29, 0.717) is 25.9 Å². The number of carbonyl (C=O) groups excluding carboxylic acids is 2. The average Bonchev–Trinajstić information content (AvgIpc) is 2.96. The number of fused-ring (bicyclic) bond motifs is 1. The second-order valence-corrected chi connectivity index (χ2v) is 6.60. The van der Waals surface area contributed by atoms with Crippen LogP contribution in [0.5, 0.6) is 0 Å². The molecule has 1 aromatic heterocycles. The van der Waals surface area contributed by atoms with E-state index in [4.69, 9.17) is 0 Å². The Labute approximate surface area is 152 Å². The van der Waals surface area contributed by atoms with Gasteiger partial charge in [0.15, 0.2) is 0 Å². The molecule has 0 bridgehead atoms. The van der Waals surface area contributed by atoms with Gasteiger partial charge in [0.2, 0.25) is 11.8 Å². The molecule has 3 aromatic rings. The number of rotatable bonds is 3. The van der Waals surface area contributed by atoms with Crippen molar-refractivity contribution in [2.75, 3.05) is 13.1 Å². The molecule has 4 rings (SSSR count). The summed E-state index contributed by atoms with van der Waals surface area (Å²) in [4.78, 5) is 30.3. The Morgan fingerprint density at radius 1 is 1.08 bits per heavy atom. The third kappa shape index (κ3) is 3.20. The molecule has 0 aliphatic carbocycles. The van der Waals surface area contributed by atoms with Gasteiger partial charge in [-0.2, -0.15) is 0 Å². The van der Waals surface area contributed by atoms with E-state index in [1.54, 1.807) is 0 Å². The molecule has 2 amide bonds. The van der Waals surface area contributed by atoms with Crippen molar-refractivity contribution in [3.8, 4) is 0 Å². The van der Waals surface area contributed by atoms with E-state index >= 15 is 0 Å². The molecular formula is C21H21N3O2. The summed E-state index contributed by atoms with van der Waals surface area (Å²) in [6.07, 6.45) is 2.52. The number of nitrogens with zero attached hydrogens (tertiary/aromatic N) is 1. The van der Waals surface area contributed by atoms with E-state index in [2.05, 4.69) is 10.3 Å². The van der Waals surface area contributed by atoms with Gasteiger partial charge in [0.05, 0.1) is 18.9 Å². The van der Waals surface area contributed by atoms with Crippen LogP contribution in [0.1, 0.15) is 23.6 Å². The number of aromatic amines is 1. The van der Waals surface area contributed by atoms with Gasteiger partial charge in [-0.3, -0.25) is 9.59 Å². The highest BCUT2D eigenvalue weighted by molar-refractivity contribution is 5.89. The second-order valence-electron chi connectivity index (χ2n) is 6.60. The highest BCUT2D eigenvalue weighted by Gasteiger charge is 2.29. The molecule has 1 fully saturated rings. The number of H-pyrrole nitrogens is 1. The van der Waals surface area contributed by atoms with Crippen LogP contribution >= 0.6 is 0 Å². The van der Waals surface area contributed by atoms with Crippen molar-refractivity contribution < 1.29 is 9.59 Å². The Kier molecular flexibility index (Phi) is 4.44. The van der Waals surface area contributed by atoms with Crippen molar-refractivity contribution in [1.29, 1.82) is 0 Å². The molecule has 5 heteroatoms.